The summed E-state index contributed by atoms with van der Waals surface area (Å²) in [7, 11) is 0. The second-order valence-electron chi connectivity index (χ2n) is 3.10. The number of rotatable bonds is 1. The van der Waals surface area contributed by atoms with Crippen LogP contribution in [0.5, 0.6) is 0 Å². The zero-order chi connectivity index (χ0) is 8.39. The molecule has 0 spiro atoms. The lowest BCUT2D eigenvalue weighted by atomic mass is 9.98. The Hall–Kier alpha value is -1.10. The quantitative estimate of drug-likeness (QED) is 0.543. The lowest BCUT2D eigenvalue weighted by Gasteiger charge is -2.19. The third kappa shape index (κ3) is 1.40. The maximum absolute atomic E-state index is 5.42. The standard InChI is InChI=1S/C7H13N5/c8-7-10-6(11-12-7)5-1-3-9-4-2-5/h5,9H,1-4H2,(H3,8,10,11,12). The summed E-state index contributed by atoms with van der Waals surface area (Å²) in [5.41, 5.74) is 5.42. The fourth-order valence-corrected chi connectivity index (χ4v) is 1.57. The van der Waals surface area contributed by atoms with Crippen molar-refractivity contribution in [2.75, 3.05) is 18.8 Å². The molecule has 1 aromatic heterocycles. The summed E-state index contributed by atoms with van der Waals surface area (Å²) in [6.45, 7) is 2.12. The van der Waals surface area contributed by atoms with Gasteiger partial charge in [0.05, 0.1) is 0 Å². The molecule has 0 aliphatic carbocycles. The van der Waals surface area contributed by atoms with Crippen molar-refractivity contribution in [2.24, 2.45) is 0 Å². The highest BCUT2D eigenvalue weighted by molar-refractivity contribution is 5.14. The van der Waals surface area contributed by atoms with Crippen LogP contribution in [0.3, 0.4) is 0 Å². The van der Waals surface area contributed by atoms with Crippen LogP contribution in [0.2, 0.25) is 0 Å². The van der Waals surface area contributed by atoms with E-state index < -0.39 is 0 Å². The fourth-order valence-electron chi connectivity index (χ4n) is 1.57. The number of H-pyrrole nitrogens is 1. The maximum atomic E-state index is 5.42. The van der Waals surface area contributed by atoms with Crippen molar-refractivity contribution >= 4 is 5.95 Å². The average molecular weight is 167 g/mol. The molecule has 0 atom stereocenters. The molecule has 0 amide bonds. The van der Waals surface area contributed by atoms with E-state index in [1.165, 1.54) is 0 Å². The summed E-state index contributed by atoms with van der Waals surface area (Å²) in [4.78, 5) is 4.12. The molecular formula is C7H13N5. The second kappa shape index (κ2) is 3.10. The number of aromatic amines is 1. The normalized spacial score (nSPS) is 19.7. The van der Waals surface area contributed by atoms with E-state index in [-0.39, 0.29) is 0 Å². The van der Waals surface area contributed by atoms with E-state index in [9.17, 15) is 0 Å². The molecule has 0 unspecified atom stereocenters. The summed E-state index contributed by atoms with van der Waals surface area (Å²) in [6, 6.07) is 0. The maximum Gasteiger partial charge on any atom is 0.239 e. The molecule has 1 aliphatic rings. The van der Waals surface area contributed by atoms with Gasteiger partial charge >= 0.3 is 0 Å². The van der Waals surface area contributed by atoms with Gasteiger partial charge in [-0.15, -0.1) is 5.10 Å². The van der Waals surface area contributed by atoms with Gasteiger partial charge in [0.1, 0.15) is 5.82 Å². The van der Waals surface area contributed by atoms with E-state index in [1.54, 1.807) is 0 Å². The minimum atomic E-state index is 0.350. The number of nitrogens with zero attached hydrogens (tertiary/aromatic N) is 2. The highest BCUT2D eigenvalue weighted by Gasteiger charge is 2.17. The lowest BCUT2D eigenvalue weighted by Crippen LogP contribution is -2.27. The number of nitrogens with two attached hydrogens (primary N) is 1. The average Bonchev–Trinajstić information content (AvgIpc) is 2.54. The van der Waals surface area contributed by atoms with Crippen molar-refractivity contribution in [3.8, 4) is 0 Å². The van der Waals surface area contributed by atoms with Crippen LogP contribution in [0.4, 0.5) is 5.95 Å². The van der Waals surface area contributed by atoms with Crippen LogP contribution in [0.1, 0.15) is 24.6 Å². The minimum absolute atomic E-state index is 0.350. The molecule has 0 saturated carbocycles. The van der Waals surface area contributed by atoms with Crippen LogP contribution in [-0.2, 0) is 0 Å². The van der Waals surface area contributed by atoms with Gasteiger partial charge in [-0.25, -0.2) is 0 Å². The molecule has 0 aromatic carbocycles. The summed E-state index contributed by atoms with van der Waals surface area (Å²) in [6.07, 6.45) is 2.24. The van der Waals surface area contributed by atoms with Crippen LogP contribution in [0.15, 0.2) is 0 Å². The smallest absolute Gasteiger partial charge is 0.239 e. The van der Waals surface area contributed by atoms with Crippen LogP contribution in [-0.4, -0.2) is 28.3 Å². The molecule has 0 bridgehead atoms. The van der Waals surface area contributed by atoms with Gasteiger partial charge in [0.15, 0.2) is 0 Å². The topological polar surface area (TPSA) is 79.6 Å². The predicted octanol–water partition coefficient (Wildman–Crippen LogP) is -0.146. The zero-order valence-corrected chi connectivity index (χ0v) is 6.88. The van der Waals surface area contributed by atoms with E-state index in [4.69, 9.17) is 5.73 Å². The number of hydrogen-bond donors (Lipinski definition) is 3. The molecule has 4 N–H and O–H groups in total. The first kappa shape index (κ1) is 7.54. The first-order valence-corrected chi connectivity index (χ1v) is 4.25. The lowest BCUT2D eigenvalue weighted by molar-refractivity contribution is 0.446. The predicted molar refractivity (Wildman–Crippen MR) is 45.6 cm³/mol. The van der Waals surface area contributed by atoms with Gasteiger partial charge in [0, 0.05) is 5.92 Å². The van der Waals surface area contributed by atoms with Gasteiger partial charge in [-0.2, -0.15) is 4.98 Å². The van der Waals surface area contributed by atoms with Gasteiger partial charge in [-0.3, -0.25) is 5.10 Å². The molecule has 1 aliphatic heterocycles. The number of hydrogen-bond acceptors (Lipinski definition) is 4. The summed E-state index contributed by atoms with van der Waals surface area (Å²) in [5.74, 6) is 1.80. The van der Waals surface area contributed by atoms with Crippen molar-refractivity contribution < 1.29 is 0 Å². The Morgan fingerprint density at radius 2 is 2.08 bits per heavy atom. The van der Waals surface area contributed by atoms with Crippen LogP contribution < -0.4 is 11.1 Å². The summed E-state index contributed by atoms with van der Waals surface area (Å²) in [5, 5.41) is 9.97. The van der Waals surface area contributed by atoms with E-state index >= 15 is 0 Å². The molecule has 12 heavy (non-hydrogen) atoms. The van der Waals surface area contributed by atoms with Gasteiger partial charge < -0.3 is 11.1 Å². The second-order valence-corrected chi connectivity index (χ2v) is 3.10. The Kier molecular flexibility index (Phi) is 1.95. The van der Waals surface area contributed by atoms with Crippen molar-refractivity contribution in [2.45, 2.75) is 18.8 Å². The van der Waals surface area contributed by atoms with E-state index in [0.717, 1.165) is 31.8 Å². The Bertz CT molecular complexity index is 250. The minimum Gasteiger partial charge on any atom is -0.367 e. The van der Waals surface area contributed by atoms with Crippen molar-refractivity contribution in [3.63, 3.8) is 0 Å². The molecule has 5 nitrogen and oxygen atoms in total. The first-order chi connectivity index (χ1) is 5.86. The Morgan fingerprint density at radius 1 is 1.33 bits per heavy atom. The van der Waals surface area contributed by atoms with E-state index in [2.05, 4.69) is 20.5 Å². The fraction of sp³-hybridized carbons (Fsp3) is 0.714. The SMILES string of the molecule is Nc1n[nH]c(C2CCNCC2)n1. The Morgan fingerprint density at radius 3 is 2.67 bits per heavy atom. The van der Waals surface area contributed by atoms with Crippen molar-refractivity contribution in [1.29, 1.82) is 0 Å². The molecule has 66 valence electrons. The molecular weight excluding hydrogens is 154 g/mol. The molecule has 2 heterocycles. The molecule has 2 rings (SSSR count). The Labute approximate surface area is 70.8 Å². The number of nitrogen functional groups attached to an aromatic ring is 1. The number of piperidine rings is 1. The molecule has 1 aromatic rings. The number of nitrogens with one attached hydrogen (secondary N) is 2. The molecule has 1 fully saturated rings. The summed E-state index contributed by atoms with van der Waals surface area (Å²) < 4.78 is 0. The third-order valence-corrected chi connectivity index (χ3v) is 2.25. The monoisotopic (exact) mass is 167 g/mol. The van der Waals surface area contributed by atoms with E-state index in [1.807, 2.05) is 0 Å². The van der Waals surface area contributed by atoms with Gasteiger partial charge in [-0.1, -0.05) is 0 Å². The highest BCUT2D eigenvalue weighted by atomic mass is 15.3. The van der Waals surface area contributed by atoms with Crippen LogP contribution in [0, 0.1) is 0 Å². The molecule has 0 radical (unpaired) electrons. The Balaban J connectivity index is 2.08. The number of anilines is 1. The van der Waals surface area contributed by atoms with E-state index in [0.29, 0.717) is 11.9 Å². The molecule has 5 heteroatoms. The van der Waals surface area contributed by atoms with Crippen LogP contribution in [0.25, 0.3) is 0 Å². The summed E-state index contributed by atoms with van der Waals surface area (Å²) >= 11 is 0. The first-order valence-electron chi connectivity index (χ1n) is 4.25. The largest absolute Gasteiger partial charge is 0.367 e. The van der Waals surface area contributed by atoms with Gasteiger partial charge in [0.2, 0.25) is 5.95 Å². The van der Waals surface area contributed by atoms with Gasteiger partial charge in [-0.05, 0) is 25.9 Å². The van der Waals surface area contributed by atoms with Crippen LogP contribution >= 0.6 is 0 Å². The van der Waals surface area contributed by atoms with Gasteiger partial charge in [0.25, 0.3) is 0 Å². The zero-order valence-electron chi connectivity index (χ0n) is 6.88. The molecule has 1 saturated heterocycles. The third-order valence-electron chi connectivity index (χ3n) is 2.25. The van der Waals surface area contributed by atoms with Crippen molar-refractivity contribution in [3.05, 3.63) is 5.82 Å². The highest BCUT2D eigenvalue weighted by Crippen LogP contribution is 2.21. The van der Waals surface area contributed by atoms with Crippen molar-refractivity contribution in [1.82, 2.24) is 20.5 Å². The number of aromatic nitrogens is 3.